The lowest BCUT2D eigenvalue weighted by molar-refractivity contribution is 0.315. The molecule has 3 nitrogen and oxygen atoms in total. The predicted molar refractivity (Wildman–Crippen MR) is 34.9 cm³/mol. The van der Waals surface area contributed by atoms with Crippen molar-refractivity contribution in [2.24, 2.45) is 11.1 Å². The second-order valence-corrected chi connectivity index (χ2v) is 2.27. The molecule has 1 fully saturated rings. The lowest BCUT2D eigenvalue weighted by Crippen LogP contribution is -2.22. The topological polar surface area (TPSA) is 46.7 Å². The van der Waals surface area contributed by atoms with E-state index in [1.54, 1.807) is 6.21 Å². The van der Waals surface area contributed by atoms with E-state index in [0.29, 0.717) is 5.92 Å². The van der Waals surface area contributed by atoms with Crippen LogP contribution >= 0.6 is 0 Å². The molecule has 1 heterocycles. The normalized spacial score (nSPS) is 23.1. The summed E-state index contributed by atoms with van der Waals surface area (Å²) < 4.78 is 0. The molecule has 51 valence electrons. The van der Waals surface area contributed by atoms with Crippen LogP contribution in [0.25, 0.3) is 0 Å². The molecule has 1 aliphatic rings. The molecule has 9 heavy (non-hydrogen) atoms. The third-order valence-electron chi connectivity index (χ3n) is 1.59. The van der Waals surface area contributed by atoms with Gasteiger partial charge in [0.05, 0.1) is 0 Å². The Morgan fingerprint density at radius 2 is 2.11 bits per heavy atom. The van der Waals surface area contributed by atoms with Crippen molar-refractivity contribution in [3.63, 3.8) is 0 Å². The standard InChI is InChI=1S/C6H11N2O/c9-8-5-6-1-3-7-4-2-6/h5-6,9H,1-4H2/b8-5-. The van der Waals surface area contributed by atoms with Gasteiger partial charge in [-0.05, 0) is 12.8 Å². The Balaban J connectivity index is 2.23. The highest BCUT2D eigenvalue weighted by Gasteiger charge is 2.10. The van der Waals surface area contributed by atoms with Gasteiger partial charge in [0.2, 0.25) is 0 Å². The molecule has 0 atom stereocenters. The molecule has 0 aromatic rings. The molecule has 0 saturated carbocycles. The van der Waals surface area contributed by atoms with Crippen LogP contribution in [0.1, 0.15) is 12.8 Å². The number of piperidine rings is 1. The molecule has 0 amide bonds. The molecule has 1 aliphatic heterocycles. The van der Waals surface area contributed by atoms with E-state index in [9.17, 15) is 0 Å². The van der Waals surface area contributed by atoms with Crippen LogP contribution in [0.15, 0.2) is 5.16 Å². The van der Waals surface area contributed by atoms with Gasteiger partial charge in [0.25, 0.3) is 0 Å². The number of nitrogens with zero attached hydrogens (tertiary/aromatic N) is 2. The molecule has 1 N–H and O–H groups in total. The molecular weight excluding hydrogens is 116 g/mol. The van der Waals surface area contributed by atoms with Crippen molar-refractivity contribution in [1.82, 2.24) is 5.32 Å². The summed E-state index contributed by atoms with van der Waals surface area (Å²) in [6.45, 7) is 1.85. The van der Waals surface area contributed by atoms with Gasteiger partial charge in [-0.25, -0.2) is 5.32 Å². The first-order valence-electron chi connectivity index (χ1n) is 3.24. The molecule has 0 aromatic heterocycles. The largest absolute Gasteiger partial charge is 0.411 e. The van der Waals surface area contributed by atoms with Crippen molar-refractivity contribution in [2.45, 2.75) is 12.8 Å². The Morgan fingerprint density at radius 3 is 2.67 bits per heavy atom. The third-order valence-corrected chi connectivity index (χ3v) is 1.59. The summed E-state index contributed by atoms with van der Waals surface area (Å²) in [6.07, 6.45) is 3.70. The summed E-state index contributed by atoms with van der Waals surface area (Å²) in [5, 5.41) is 15.3. The fourth-order valence-corrected chi connectivity index (χ4v) is 1.01. The van der Waals surface area contributed by atoms with Crippen molar-refractivity contribution in [3.05, 3.63) is 0 Å². The van der Waals surface area contributed by atoms with E-state index in [4.69, 9.17) is 5.21 Å². The van der Waals surface area contributed by atoms with E-state index >= 15 is 0 Å². The van der Waals surface area contributed by atoms with Crippen LogP contribution in [-0.4, -0.2) is 24.5 Å². The van der Waals surface area contributed by atoms with E-state index in [-0.39, 0.29) is 0 Å². The molecule has 0 bridgehead atoms. The highest BCUT2D eigenvalue weighted by atomic mass is 16.4. The van der Waals surface area contributed by atoms with Crippen molar-refractivity contribution in [2.75, 3.05) is 13.1 Å². The van der Waals surface area contributed by atoms with Gasteiger partial charge in [-0.15, -0.1) is 5.16 Å². The monoisotopic (exact) mass is 127 g/mol. The Hall–Kier alpha value is -0.570. The van der Waals surface area contributed by atoms with E-state index in [1.807, 2.05) is 0 Å². The zero-order valence-electron chi connectivity index (χ0n) is 5.32. The first-order valence-corrected chi connectivity index (χ1v) is 3.24. The Bertz CT molecular complexity index is 97.2. The smallest absolute Gasteiger partial charge is 0.0467 e. The van der Waals surface area contributed by atoms with Crippen LogP contribution in [0.5, 0.6) is 0 Å². The summed E-state index contributed by atoms with van der Waals surface area (Å²) in [7, 11) is 0. The van der Waals surface area contributed by atoms with Crippen molar-refractivity contribution in [1.29, 1.82) is 0 Å². The second kappa shape index (κ2) is 3.45. The highest BCUT2D eigenvalue weighted by molar-refractivity contribution is 5.59. The first-order chi connectivity index (χ1) is 4.43. The van der Waals surface area contributed by atoms with Crippen molar-refractivity contribution >= 4 is 6.21 Å². The van der Waals surface area contributed by atoms with Crippen LogP contribution < -0.4 is 5.32 Å². The SMILES string of the molecule is O/N=C\C1CC[N]CC1. The van der Waals surface area contributed by atoms with E-state index in [1.165, 1.54) is 0 Å². The third kappa shape index (κ3) is 2.01. The Morgan fingerprint density at radius 1 is 1.44 bits per heavy atom. The fraction of sp³-hybridized carbons (Fsp3) is 0.833. The Labute approximate surface area is 54.8 Å². The maximum absolute atomic E-state index is 8.16. The molecule has 0 spiro atoms. The Kier molecular flexibility index (Phi) is 2.51. The van der Waals surface area contributed by atoms with Gasteiger partial charge in [-0.1, -0.05) is 0 Å². The van der Waals surface area contributed by atoms with Gasteiger partial charge in [-0.2, -0.15) is 0 Å². The number of oxime groups is 1. The summed E-state index contributed by atoms with van der Waals surface area (Å²) >= 11 is 0. The second-order valence-electron chi connectivity index (χ2n) is 2.27. The predicted octanol–water partition coefficient (Wildman–Crippen LogP) is 0.461. The van der Waals surface area contributed by atoms with E-state index < -0.39 is 0 Å². The minimum atomic E-state index is 0.465. The van der Waals surface area contributed by atoms with Crippen LogP contribution in [-0.2, 0) is 0 Å². The van der Waals surface area contributed by atoms with Crippen LogP contribution in [0.4, 0.5) is 0 Å². The maximum atomic E-state index is 8.16. The molecule has 1 radical (unpaired) electrons. The summed E-state index contributed by atoms with van der Waals surface area (Å²) in [5.74, 6) is 0.465. The maximum Gasteiger partial charge on any atom is 0.0467 e. The van der Waals surface area contributed by atoms with Crippen LogP contribution in [0.3, 0.4) is 0 Å². The van der Waals surface area contributed by atoms with Crippen molar-refractivity contribution < 1.29 is 5.21 Å². The first kappa shape index (κ1) is 6.55. The van der Waals surface area contributed by atoms with Crippen LogP contribution in [0, 0.1) is 5.92 Å². The van der Waals surface area contributed by atoms with Gasteiger partial charge < -0.3 is 5.21 Å². The summed E-state index contributed by atoms with van der Waals surface area (Å²) in [5.41, 5.74) is 0. The molecule has 0 aliphatic carbocycles. The van der Waals surface area contributed by atoms with Gasteiger partial charge in [0.1, 0.15) is 0 Å². The quantitative estimate of drug-likeness (QED) is 0.310. The molecule has 0 unspecified atom stereocenters. The number of hydrogen-bond donors (Lipinski definition) is 1. The van der Waals surface area contributed by atoms with Gasteiger partial charge >= 0.3 is 0 Å². The average Bonchev–Trinajstić information content (AvgIpc) is 1.91. The average molecular weight is 127 g/mol. The number of hydrogen-bond acceptors (Lipinski definition) is 2. The molecule has 3 heteroatoms. The molecule has 1 saturated heterocycles. The van der Waals surface area contributed by atoms with Gasteiger partial charge in [0, 0.05) is 25.2 Å². The summed E-state index contributed by atoms with van der Waals surface area (Å²) in [4.78, 5) is 0. The van der Waals surface area contributed by atoms with Crippen molar-refractivity contribution in [3.8, 4) is 0 Å². The summed E-state index contributed by atoms with van der Waals surface area (Å²) in [6, 6.07) is 0. The zero-order chi connectivity index (χ0) is 6.53. The minimum Gasteiger partial charge on any atom is -0.411 e. The molecule has 1 rings (SSSR count). The minimum absolute atomic E-state index is 0.465. The van der Waals surface area contributed by atoms with Gasteiger partial charge in [-0.3, -0.25) is 0 Å². The molecule has 0 aromatic carbocycles. The van der Waals surface area contributed by atoms with Crippen LogP contribution in [0.2, 0.25) is 0 Å². The number of rotatable bonds is 1. The zero-order valence-corrected chi connectivity index (χ0v) is 5.32. The lowest BCUT2D eigenvalue weighted by atomic mass is 10.0. The lowest BCUT2D eigenvalue weighted by Gasteiger charge is -2.15. The van der Waals surface area contributed by atoms with E-state index in [2.05, 4.69) is 10.5 Å². The highest BCUT2D eigenvalue weighted by Crippen LogP contribution is 2.08. The molecular formula is C6H11N2O. The fourth-order valence-electron chi connectivity index (χ4n) is 1.01. The van der Waals surface area contributed by atoms with E-state index in [0.717, 1.165) is 25.9 Å². The van der Waals surface area contributed by atoms with Gasteiger partial charge in [0.15, 0.2) is 0 Å².